The Labute approximate surface area is 665 Å². The molecule has 6 atom stereocenters. The average molecular weight is 1630 g/mol. The maximum atomic E-state index is 14.4. The molecule has 0 spiro atoms. The van der Waals surface area contributed by atoms with Crippen LogP contribution in [0.3, 0.4) is 0 Å². The number of allylic oxidation sites excluding steroid dienone is 1. The Bertz CT molecular complexity index is 4410. The number of halogens is 4. The topological polar surface area (TPSA) is 269 Å². The number of ether oxygens (including phenoxy) is 1. The van der Waals surface area contributed by atoms with E-state index < -0.39 is 82.3 Å². The Morgan fingerprint density at radius 3 is 2.05 bits per heavy atom. The van der Waals surface area contributed by atoms with Gasteiger partial charge in [-0.1, -0.05) is 138 Å². The molecule has 4 heterocycles. The number of aryl methyl sites for hydroxylation is 1. The summed E-state index contributed by atoms with van der Waals surface area (Å²) in [6, 6.07) is 31.2. The van der Waals surface area contributed by atoms with Gasteiger partial charge in [-0.05, 0) is 152 Å². The summed E-state index contributed by atoms with van der Waals surface area (Å²) in [6.45, 7) is 18.6. The number of aliphatic hydroxyl groups excluding tert-OH is 1. The third kappa shape index (κ3) is 24.1. The summed E-state index contributed by atoms with van der Waals surface area (Å²) in [7, 11) is -11.0. The van der Waals surface area contributed by atoms with Gasteiger partial charge in [0.25, 0.3) is 25.8 Å². The number of nitrogens with one attached hydrogen (secondary N) is 5. The molecule has 1 aliphatic carbocycles. The minimum absolute atomic E-state index is 0.00512. The minimum atomic E-state index is -6.11. The zero-order chi connectivity index (χ0) is 79.7. The average Bonchev–Trinajstić information content (AvgIpc) is 1.67. The number of nitrogens with zero attached hydrogens (tertiary/aromatic N) is 5. The molecule has 0 radical (unpaired) electrons. The number of sulfonamides is 1. The lowest BCUT2D eigenvalue weighted by Gasteiger charge is -2.41. The number of unbranched alkanes of at least 4 members (excludes halogenated alkanes) is 7. The highest BCUT2D eigenvalue weighted by molar-refractivity contribution is 7.99. The van der Waals surface area contributed by atoms with E-state index in [0.29, 0.717) is 108 Å². The van der Waals surface area contributed by atoms with E-state index in [1.807, 2.05) is 112 Å². The molecule has 1 aromatic heterocycles. The first-order valence-electron chi connectivity index (χ1n) is 38.5. The van der Waals surface area contributed by atoms with Crippen LogP contribution >= 0.6 is 34.7 Å². The van der Waals surface area contributed by atoms with Gasteiger partial charge >= 0.3 is 5.51 Å². The fraction of sp³-hybridized carbons (Fsp3) is 0.512. The number of carbonyl (C=O) groups excluding carboxylic acids is 5. The largest absolute Gasteiger partial charge is 0.501 e. The van der Waals surface area contributed by atoms with Crippen LogP contribution in [0, 0.1) is 17.8 Å². The lowest BCUT2D eigenvalue weighted by atomic mass is 9.71. The van der Waals surface area contributed by atoms with Gasteiger partial charge in [0.05, 0.1) is 52.0 Å². The van der Waals surface area contributed by atoms with Crippen LogP contribution in [0.1, 0.15) is 164 Å². The zero-order valence-corrected chi connectivity index (χ0v) is 68.2. The van der Waals surface area contributed by atoms with Gasteiger partial charge in [0.2, 0.25) is 23.6 Å². The molecule has 0 saturated carbocycles. The van der Waals surface area contributed by atoms with Gasteiger partial charge in [0, 0.05) is 118 Å². The standard InChI is InChI=1S/C82H106ClF3N10O11S4/c1-56(58-22-24-60(25-23-58)75-57(2)88-55-109-75)89-78(101)71-48-66(97)52-96(71)79(102)76(80(3,4)5)91-74(99)21-17-12-10-8-7-9-11-16-20-73(98)87-54-81(6)38-36-69(59-26-30-63(83)31-27-59)62(50-81)51-94-40-42-95(43-41-94)65-32-28-61(29-33-65)77(100)92-111(105,106)68-34-35-70(72(49-68)110(103,104)82(84,85)86)90-64(37-39-93-44-46-107-47-45-93)53-108-67-18-14-13-15-19-67/h13-15,18-19,22-35,49,55-56,64,66,71,76,90,97H,7-12,16-17,20-21,36-48,50-54H2,1-6H3,(H,87,98)(H,89,101)(H,91,99)(H,92,100). The van der Waals surface area contributed by atoms with Crippen LogP contribution in [-0.4, -0.2) is 185 Å². The van der Waals surface area contributed by atoms with Crippen LogP contribution in [0.2, 0.25) is 5.02 Å². The highest BCUT2D eigenvalue weighted by Crippen LogP contribution is 2.44. The predicted octanol–water partition coefficient (Wildman–Crippen LogP) is 13.6. The molecule has 3 saturated heterocycles. The van der Waals surface area contributed by atoms with Crippen molar-refractivity contribution in [1.29, 1.82) is 0 Å². The van der Waals surface area contributed by atoms with E-state index in [1.54, 1.807) is 23.5 Å². The number of aromatic nitrogens is 1. The Balaban J connectivity index is 0.640. The highest BCUT2D eigenvalue weighted by atomic mass is 35.5. The molecular weight excluding hydrogens is 1520 g/mol. The van der Waals surface area contributed by atoms with Gasteiger partial charge in [-0.15, -0.1) is 23.1 Å². The van der Waals surface area contributed by atoms with Crippen LogP contribution in [0.25, 0.3) is 16.0 Å². The van der Waals surface area contributed by atoms with Crippen LogP contribution in [0.4, 0.5) is 24.5 Å². The number of piperazine rings is 1. The highest BCUT2D eigenvalue weighted by Gasteiger charge is 2.49. The van der Waals surface area contributed by atoms with Crippen molar-refractivity contribution in [3.8, 4) is 10.4 Å². The van der Waals surface area contributed by atoms with Gasteiger partial charge in [-0.25, -0.2) is 26.5 Å². The molecule has 5 amide bonds. The molecule has 602 valence electrons. The number of alkyl halides is 3. The molecule has 111 heavy (non-hydrogen) atoms. The van der Waals surface area contributed by atoms with Gasteiger partial charge in [-0.3, -0.25) is 33.8 Å². The number of hydrogen-bond donors (Lipinski definition) is 6. The number of benzene rings is 5. The van der Waals surface area contributed by atoms with Crippen LogP contribution in [0.5, 0.6) is 0 Å². The molecule has 4 aliphatic rings. The van der Waals surface area contributed by atoms with E-state index in [0.717, 1.165) is 114 Å². The maximum Gasteiger partial charge on any atom is 0.501 e. The molecule has 21 nitrogen and oxygen atoms in total. The van der Waals surface area contributed by atoms with E-state index in [4.69, 9.17) is 16.3 Å². The number of anilines is 2. The van der Waals surface area contributed by atoms with Gasteiger partial charge in [0.15, 0.2) is 0 Å². The summed E-state index contributed by atoms with van der Waals surface area (Å²) < 4.78 is 105. The fourth-order valence-electron chi connectivity index (χ4n) is 14.8. The summed E-state index contributed by atoms with van der Waals surface area (Å²) in [4.78, 5) is 80.8. The summed E-state index contributed by atoms with van der Waals surface area (Å²) >= 11 is 9.36. The number of likely N-dealkylation sites (tertiary alicyclic amines) is 1. The Morgan fingerprint density at radius 1 is 0.775 bits per heavy atom. The van der Waals surface area contributed by atoms with E-state index in [-0.39, 0.29) is 54.1 Å². The number of thiazole rings is 1. The second kappa shape index (κ2) is 39.1. The number of thioether (sulfide) groups is 1. The number of rotatable bonds is 35. The Morgan fingerprint density at radius 2 is 1.41 bits per heavy atom. The number of sulfone groups is 1. The summed E-state index contributed by atoms with van der Waals surface area (Å²) in [6.07, 6.45) is 10.0. The van der Waals surface area contributed by atoms with Crippen LogP contribution < -0.4 is 30.9 Å². The third-order valence-corrected chi connectivity index (χ3v) is 26.6. The molecule has 0 bridgehead atoms. The zero-order valence-electron chi connectivity index (χ0n) is 64.2. The van der Waals surface area contributed by atoms with Crippen molar-refractivity contribution in [1.82, 2.24) is 40.4 Å². The summed E-state index contributed by atoms with van der Waals surface area (Å²) in [5.41, 5.74) is 2.08. The van der Waals surface area contributed by atoms with Crippen molar-refractivity contribution in [3.05, 3.63) is 160 Å². The molecular formula is C82H106ClF3N10O11S4. The molecule has 29 heteroatoms. The van der Waals surface area contributed by atoms with Crippen LogP contribution in [0.15, 0.2) is 147 Å². The first-order valence-corrected chi connectivity index (χ1v) is 43.7. The quantitative estimate of drug-likeness (QED) is 0.0159. The first kappa shape index (κ1) is 86.0. The van der Waals surface area contributed by atoms with Crippen LogP contribution in [-0.2, 0) is 43.8 Å². The van der Waals surface area contributed by atoms with E-state index in [2.05, 4.69) is 60.0 Å². The number of aliphatic hydroxyl groups is 1. The summed E-state index contributed by atoms with van der Waals surface area (Å²) in [5.74, 6) is -1.67. The van der Waals surface area contributed by atoms with Crippen molar-refractivity contribution in [3.63, 3.8) is 0 Å². The third-order valence-electron chi connectivity index (χ3n) is 21.4. The first-order chi connectivity index (χ1) is 52.8. The lowest BCUT2D eigenvalue weighted by Crippen LogP contribution is -2.57. The van der Waals surface area contributed by atoms with Crippen molar-refractivity contribution < 1.29 is 63.8 Å². The number of β-amino-alcohol motifs (C(OH)–C–C–N with tert-alkyl or cyclic N) is 1. The molecule has 5 aromatic carbocycles. The number of morpholine rings is 1. The van der Waals surface area contributed by atoms with E-state index in [9.17, 15) is 59.1 Å². The second-order valence-electron chi connectivity index (χ2n) is 31.1. The van der Waals surface area contributed by atoms with Crippen molar-refractivity contribution >= 4 is 101 Å². The number of hydrogen-bond acceptors (Lipinski definition) is 18. The Kier molecular flexibility index (Phi) is 30.3. The fourth-order valence-corrected chi connectivity index (χ4v) is 18.8. The maximum absolute atomic E-state index is 14.4. The molecule has 6 unspecified atom stereocenters. The SMILES string of the molecule is Cc1ncsc1-c1ccc(C(C)NC(=O)C2CC(O)CN2C(=O)C(NC(=O)CCCCCCCCCCC(=O)NCC2(C)CCC(c3ccc(Cl)cc3)=C(CN3CCN(c4ccc(C(=O)NS(=O)(=O)c5ccc(NC(CCN6CCOCC6)CSc6ccccc6)c(S(=O)(=O)C(F)(F)F)c5)cc4)CC3)C2)C(C)(C)C)cc1. The molecule has 6 N–H and O–H groups in total. The normalized spacial score (nSPS) is 19.1. The Hall–Kier alpha value is -7.41. The van der Waals surface area contributed by atoms with Crippen molar-refractivity contribution in [2.24, 2.45) is 10.8 Å². The smallest absolute Gasteiger partial charge is 0.391 e. The predicted molar refractivity (Wildman–Crippen MR) is 432 cm³/mol. The van der Waals surface area contributed by atoms with E-state index in [1.165, 1.54) is 39.9 Å². The molecule has 3 aliphatic heterocycles. The number of amides is 5. The number of carbonyl (C=O) groups is 5. The molecule has 6 aromatic rings. The second-order valence-corrected chi connectivity index (χ2v) is 37.1. The monoisotopic (exact) mass is 1630 g/mol. The van der Waals surface area contributed by atoms with Crippen molar-refractivity contribution in [2.75, 3.05) is 94.6 Å². The molecule has 3 fully saturated rings. The van der Waals surface area contributed by atoms with Gasteiger partial charge in [0.1, 0.15) is 17.0 Å². The van der Waals surface area contributed by atoms with Crippen molar-refractivity contribution in [2.45, 2.75) is 188 Å². The summed E-state index contributed by atoms with van der Waals surface area (Å²) in [5, 5.41) is 23.7. The van der Waals surface area contributed by atoms with Gasteiger partial charge < -0.3 is 40.9 Å². The lowest BCUT2D eigenvalue weighted by molar-refractivity contribution is -0.144. The van der Waals surface area contributed by atoms with E-state index >= 15 is 0 Å². The van der Waals surface area contributed by atoms with Gasteiger partial charge in [-0.2, -0.15) is 13.2 Å². The molecule has 10 rings (SSSR count). The minimum Gasteiger partial charge on any atom is -0.391 e.